The average molecular weight is 278 g/mol. The van der Waals surface area contributed by atoms with Gasteiger partial charge in [0.2, 0.25) is 0 Å². The van der Waals surface area contributed by atoms with Crippen LogP contribution in [0.25, 0.3) is 0 Å². The summed E-state index contributed by atoms with van der Waals surface area (Å²) in [6, 6.07) is 7.43. The summed E-state index contributed by atoms with van der Waals surface area (Å²) >= 11 is 0. The number of carbonyl (C=O) groups is 2. The van der Waals surface area contributed by atoms with Crippen molar-refractivity contribution in [1.82, 2.24) is 4.90 Å². The van der Waals surface area contributed by atoms with Crippen molar-refractivity contribution < 1.29 is 14.7 Å². The molecular weight excluding hydrogens is 256 g/mol. The van der Waals surface area contributed by atoms with E-state index in [0.717, 1.165) is 11.3 Å². The van der Waals surface area contributed by atoms with Crippen LogP contribution in [0, 0.1) is 12.8 Å². The van der Waals surface area contributed by atoms with E-state index in [0.29, 0.717) is 6.54 Å². The van der Waals surface area contributed by atoms with Crippen LogP contribution in [-0.2, 0) is 4.79 Å². The zero-order valence-electron chi connectivity index (χ0n) is 12.5. The molecule has 1 rings (SSSR count). The number of nitrogens with zero attached hydrogens (tertiary/aromatic N) is 2. The summed E-state index contributed by atoms with van der Waals surface area (Å²) in [5.41, 5.74) is 1.84. The predicted octanol–water partition coefficient (Wildman–Crippen LogP) is 2.59. The van der Waals surface area contributed by atoms with E-state index in [1.54, 1.807) is 23.8 Å². The monoisotopic (exact) mass is 278 g/mol. The Kier molecular flexibility index (Phi) is 5.55. The highest BCUT2D eigenvalue weighted by Gasteiger charge is 2.23. The quantitative estimate of drug-likeness (QED) is 0.900. The second kappa shape index (κ2) is 6.93. The normalized spacial score (nSPS) is 11.8. The standard InChI is InChI=1S/C15H22N2O3/c1-5-17(10-12(3)14(18)19)15(20)16(4)13-9-7-6-8-11(13)2/h6-9,12H,5,10H2,1-4H3,(H,18,19). The molecular formula is C15H22N2O3. The SMILES string of the molecule is CCN(CC(C)C(=O)O)C(=O)N(C)c1ccccc1C. The summed E-state index contributed by atoms with van der Waals surface area (Å²) in [4.78, 5) is 26.5. The molecule has 2 amide bonds. The highest BCUT2D eigenvalue weighted by molar-refractivity contribution is 5.92. The number of rotatable bonds is 5. The Morgan fingerprint density at radius 1 is 1.30 bits per heavy atom. The summed E-state index contributed by atoms with van der Waals surface area (Å²) in [6.07, 6.45) is 0. The van der Waals surface area contributed by atoms with E-state index in [1.807, 2.05) is 38.1 Å². The molecule has 0 saturated carbocycles. The number of aryl methyl sites for hydroxylation is 1. The van der Waals surface area contributed by atoms with Crippen molar-refractivity contribution in [2.45, 2.75) is 20.8 Å². The van der Waals surface area contributed by atoms with Gasteiger partial charge < -0.3 is 10.0 Å². The van der Waals surface area contributed by atoms with E-state index < -0.39 is 11.9 Å². The first-order chi connectivity index (χ1) is 9.38. The number of urea groups is 1. The topological polar surface area (TPSA) is 60.9 Å². The molecule has 0 bridgehead atoms. The summed E-state index contributed by atoms with van der Waals surface area (Å²) in [6.45, 7) is 6.08. The molecule has 0 spiro atoms. The number of para-hydroxylation sites is 1. The van der Waals surface area contributed by atoms with E-state index in [1.165, 1.54) is 0 Å². The van der Waals surface area contributed by atoms with Gasteiger partial charge in [0.25, 0.3) is 0 Å². The van der Waals surface area contributed by atoms with Gasteiger partial charge in [-0.3, -0.25) is 9.69 Å². The minimum atomic E-state index is -0.894. The molecule has 5 heteroatoms. The van der Waals surface area contributed by atoms with Crippen molar-refractivity contribution in [3.8, 4) is 0 Å². The van der Waals surface area contributed by atoms with Gasteiger partial charge in [-0.25, -0.2) is 4.79 Å². The van der Waals surface area contributed by atoms with Crippen molar-refractivity contribution in [2.75, 3.05) is 25.0 Å². The van der Waals surface area contributed by atoms with E-state index in [2.05, 4.69) is 0 Å². The lowest BCUT2D eigenvalue weighted by molar-refractivity contribution is -0.141. The molecule has 0 aromatic heterocycles. The first-order valence-corrected chi connectivity index (χ1v) is 6.69. The maximum atomic E-state index is 12.4. The van der Waals surface area contributed by atoms with Crippen LogP contribution in [0.4, 0.5) is 10.5 Å². The predicted molar refractivity (Wildman–Crippen MR) is 79.0 cm³/mol. The molecule has 0 aliphatic rings. The van der Waals surface area contributed by atoms with Gasteiger partial charge in [-0.2, -0.15) is 0 Å². The molecule has 0 aliphatic heterocycles. The van der Waals surface area contributed by atoms with Gasteiger partial charge in [0.1, 0.15) is 0 Å². The summed E-state index contributed by atoms with van der Waals surface area (Å²) in [7, 11) is 1.71. The molecule has 110 valence electrons. The average Bonchev–Trinajstić information content (AvgIpc) is 2.43. The van der Waals surface area contributed by atoms with E-state index in [4.69, 9.17) is 5.11 Å². The van der Waals surface area contributed by atoms with Crippen molar-refractivity contribution in [1.29, 1.82) is 0 Å². The molecule has 1 N–H and O–H groups in total. The second-order valence-corrected chi connectivity index (χ2v) is 4.91. The molecule has 0 heterocycles. The fourth-order valence-electron chi connectivity index (χ4n) is 2.01. The number of amides is 2. The summed E-state index contributed by atoms with van der Waals surface area (Å²) < 4.78 is 0. The third-order valence-corrected chi connectivity index (χ3v) is 3.33. The molecule has 5 nitrogen and oxygen atoms in total. The molecule has 1 unspecified atom stereocenters. The lowest BCUT2D eigenvalue weighted by Crippen LogP contribution is -2.44. The summed E-state index contributed by atoms with van der Waals surface area (Å²) in [5.74, 6) is -1.47. The second-order valence-electron chi connectivity index (χ2n) is 4.91. The van der Waals surface area contributed by atoms with Gasteiger partial charge in [-0.05, 0) is 25.5 Å². The van der Waals surface area contributed by atoms with Crippen LogP contribution < -0.4 is 4.90 Å². The molecule has 0 aliphatic carbocycles. The highest BCUT2D eigenvalue weighted by Crippen LogP contribution is 2.19. The number of hydrogen-bond donors (Lipinski definition) is 1. The Morgan fingerprint density at radius 3 is 2.40 bits per heavy atom. The van der Waals surface area contributed by atoms with Crippen LogP contribution in [-0.4, -0.2) is 42.1 Å². The van der Waals surface area contributed by atoms with Crippen LogP contribution >= 0.6 is 0 Å². The van der Waals surface area contributed by atoms with Crippen LogP contribution in [0.3, 0.4) is 0 Å². The first-order valence-electron chi connectivity index (χ1n) is 6.69. The molecule has 1 aromatic carbocycles. The lowest BCUT2D eigenvalue weighted by Gasteiger charge is -2.29. The zero-order valence-corrected chi connectivity index (χ0v) is 12.5. The Labute approximate surface area is 119 Å². The van der Waals surface area contributed by atoms with Crippen LogP contribution in [0.2, 0.25) is 0 Å². The Bertz CT molecular complexity index is 488. The third-order valence-electron chi connectivity index (χ3n) is 3.33. The third kappa shape index (κ3) is 3.73. The summed E-state index contributed by atoms with van der Waals surface area (Å²) in [5, 5.41) is 8.96. The van der Waals surface area contributed by atoms with Crippen LogP contribution in [0.15, 0.2) is 24.3 Å². The van der Waals surface area contributed by atoms with E-state index in [9.17, 15) is 9.59 Å². The molecule has 20 heavy (non-hydrogen) atoms. The smallest absolute Gasteiger partial charge is 0.324 e. The van der Waals surface area contributed by atoms with Gasteiger partial charge in [-0.1, -0.05) is 25.1 Å². The lowest BCUT2D eigenvalue weighted by atomic mass is 10.1. The number of aliphatic carboxylic acids is 1. The van der Waals surface area contributed by atoms with Crippen molar-refractivity contribution in [3.05, 3.63) is 29.8 Å². The van der Waals surface area contributed by atoms with Crippen molar-refractivity contribution in [3.63, 3.8) is 0 Å². The Morgan fingerprint density at radius 2 is 1.90 bits per heavy atom. The molecule has 0 saturated heterocycles. The number of hydrogen-bond acceptors (Lipinski definition) is 2. The highest BCUT2D eigenvalue weighted by atomic mass is 16.4. The van der Waals surface area contributed by atoms with Gasteiger partial charge in [-0.15, -0.1) is 0 Å². The Balaban J connectivity index is 2.86. The number of carbonyl (C=O) groups excluding carboxylic acids is 1. The maximum Gasteiger partial charge on any atom is 0.324 e. The minimum absolute atomic E-state index is 0.185. The zero-order chi connectivity index (χ0) is 15.3. The number of benzene rings is 1. The van der Waals surface area contributed by atoms with Crippen LogP contribution in [0.1, 0.15) is 19.4 Å². The van der Waals surface area contributed by atoms with Crippen molar-refractivity contribution >= 4 is 17.7 Å². The van der Waals surface area contributed by atoms with Gasteiger partial charge in [0, 0.05) is 25.8 Å². The van der Waals surface area contributed by atoms with Gasteiger partial charge in [0.15, 0.2) is 0 Å². The molecule has 1 aromatic rings. The van der Waals surface area contributed by atoms with Crippen LogP contribution in [0.5, 0.6) is 0 Å². The fraction of sp³-hybridized carbons (Fsp3) is 0.467. The maximum absolute atomic E-state index is 12.4. The minimum Gasteiger partial charge on any atom is -0.481 e. The molecule has 1 atom stereocenters. The number of anilines is 1. The molecule has 0 radical (unpaired) electrons. The van der Waals surface area contributed by atoms with E-state index in [-0.39, 0.29) is 12.6 Å². The fourth-order valence-corrected chi connectivity index (χ4v) is 2.01. The van der Waals surface area contributed by atoms with Gasteiger partial charge in [0.05, 0.1) is 5.92 Å². The molecule has 0 fully saturated rings. The van der Waals surface area contributed by atoms with Crippen molar-refractivity contribution in [2.24, 2.45) is 5.92 Å². The largest absolute Gasteiger partial charge is 0.481 e. The number of carboxylic acid groups (broad SMARTS) is 1. The van der Waals surface area contributed by atoms with E-state index >= 15 is 0 Å². The van der Waals surface area contributed by atoms with Gasteiger partial charge >= 0.3 is 12.0 Å². The number of carboxylic acids is 1. The Hall–Kier alpha value is -2.04. The first kappa shape index (κ1) is 16.0.